The van der Waals surface area contributed by atoms with Crippen molar-refractivity contribution < 1.29 is 0 Å². The quantitative estimate of drug-likeness (QED) is 0.516. The van der Waals surface area contributed by atoms with E-state index in [1.54, 1.807) is 0 Å². The van der Waals surface area contributed by atoms with E-state index in [9.17, 15) is 0 Å². The molecule has 3 nitrogen and oxygen atoms in total. The maximum absolute atomic E-state index is 3.46. The summed E-state index contributed by atoms with van der Waals surface area (Å²) in [5, 5.41) is 10.1. The summed E-state index contributed by atoms with van der Waals surface area (Å²) in [7, 11) is 2.01. The highest BCUT2D eigenvalue weighted by Gasteiger charge is 2.06. The highest BCUT2D eigenvalue weighted by molar-refractivity contribution is 4.68. The van der Waals surface area contributed by atoms with Crippen molar-refractivity contribution in [2.75, 3.05) is 33.2 Å². The lowest BCUT2D eigenvalue weighted by molar-refractivity contribution is 0.414. The van der Waals surface area contributed by atoms with Crippen molar-refractivity contribution in [1.82, 2.24) is 16.0 Å². The summed E-state index contributed by atoms with van der Waals surface area (Å²) in [5.41, 5.74) is 0. The van der Waals surface area contributed by atoms with Crippen LogP contribution in [0.4, 0.5) is 0 Å². The molecular weight excluding hydrogens is 162 g/mol. The van der Waals surface area contributed by atoms with Crippen LogP contribution in [0, 0.1) is 5.92 Å². The molecule has 3 N–H and O–H groups in total. The molecule has 0 aromatic rings. The van der Waals surface area contributed by atoms with Gasteiger partial charge in [-0.05, 0) is 19.5 Å². The van der Waals surface area contributed by atoms with Crippen LogP contribution in [0.5, 0.6) is 0 Å². The third-order valence-corrected chi connectivity index (χ3v) is 1.99. The average Bonchev–Trinajstić information content (AvgIpc) is 2.09. The highest BCUT2D eigenvalue weighted by Crippen LogP contribution is 1.91. The molecule has 0 spiro atoms. The first-order valence-corrected chi connectivity index (χ1v) is 5.29. The predicted octanol–water partition coefficient (Wildman–Crippen LogP) is 0.430. The Bertz CT molecular complexity index is 104. The minimum absolute atomic E-state index is 0.584. The van der Waals surface area contributed by atoms with Crippen molar-refractivity contribution in [3.8, 4) is 0 Å². The molecule has 13 heavy (non-hydrogen) atoms. The van der Waals surface area contributed by atoms with E-state index in [2.05, 4.69) is 36.7 Å². The average molecular weight is 187 g/mol. The second kappa shape index (κ2) is 8.48. The Labute approximate surface area is 82.7 Å². The zero-order valence-electron chi connectivity index (χ0n) is 9.48. The Balaban J connectivity index is 3.53. The normalized spacial score (nSPS) is 13.6. The molecule has 0 aliphatic heterocycles. The predicted molar refractivity (Wildman–Crippen MR) is 59.1 cm³/mol. The van der Waals surface area contributed by atoms with E-state index < -0.39 is 0 Å². The fraction of sp³-hybridized carbons (Fsp3) is 1.00. The van der Waals surface area contributed by atoms with Crippen molar-refractivity contribution in [1.29, 1.82) is 0 Å². The second-order valence-electron chi connectivity index (χ2n) is 3.79. The van der Waals surface area contributed by atoms with Gasteiger partial charge in [0.2, 0.25) is 0 Å². The highest BCUT2D eigenvalue weighted by atomic mass is 14.9. The van der Waals surface area contributed by atoms with Crippen LogP contribution in [-0.4, -0.2) is 39.3 Å². The summed E-state index contributed by atoms with van der Waals surface area (Å²) in [6.45, 7) is 10.8. The molecular formula is C10H25N3. The fourth-order valence-corrected chi connectivity index (χ4v) is 1.26. The Kier molecular flexibility index (Phi) is 8.40. The third kappa shape index (κ3) is 8.22. The molecule has 0 aromatic carbocycles. The van der Waals surface area contributed by atoms with Crippen LogP contribution in [0.2, 0.25) is 0 Å². The van der Waals surface area contributed by atoms with E-state index in [1.807, 2.05) is 7.05 Å². The van der Waals surface area contributed by atoms with Crippen molar-refractivity contribution >= 4 is 0 Å². The van der Waals surface area contributed by atoms with Crippen molar-refractivity contribution in [2.24, 2.45) is 5.92 Å². The first-order chi connectivity index (χ1) is 6.20. The van der Waals surface area contributed by atoms with Crippen LogP contribution in [0.15, 0.2) is 0 Å². The first-order valence-electron chi connectivity index (χ1n) is 5.29. The summed E-state index contributed by atoms with van der Waals surface area (Å²) >= 11 is 0. The Morgan fingerprint density at radius 1 is 1.08 bits per heavy atom. The van der Waals surface area contributed by atoms with Crippen LogP contribution in [0.1, 0.15) is 20.8 Å². The van der Waals surface area contributed by atoms with Crippen molar-refractivity contribution in [3.63, 3.8) is 0 Å². The maximum Gasteiger partial charge on any atom is 0.00105 e. The summed E-state index contributed by atoms with van der Waals surface area (Å²) < 4.78 is 0. The maximum atomic E-state index is 3.46. The van der Waals surface area contributed by atoms with Gasteiger partial charge in [0.05, 0.1) is 0 Å². The zero-order chi connectivity index (χ0) is 10.1. The molecule has 0 rings (SSSR count). The zero-order valence-corrected chi connectivity index (χ0v) is 9.48. The molecule has 0 saturated heterocycles. The molecule has 80 valence electrons. The van der Waals surface area contributed by atoms with Gasteiger partial charge in [0, 0.05) is 25.7 Å². The summed E-state index contributed by atoms with van der Waals surface area (Å²) in [4.78, 5) is 0. The lowest BCUT2D eigenvalue weighted by atomic mass is 10.1. The lowest BCUT2D eigenvalue weighted by Crippen LogP contribution is -2.39. The molecule has 0 aromatic heterocycles. The number of hydrogen-bond acceptors (Lipinski definition) is 3. The third-order valence-electron chi connectivity index (χ3n) is 1.99. The van der Waals surface area contributed by atoms with Gasteiger partial charge in [-0.25, -0.2) is 0 Å². The largest absolute Gasteiger partial charge is 0.319 e. The van der Waals surface area contributed by atoms with Gasteiger partial charge in [0.25, 0.3) is 0 Å². The molecule has 0 radical (unpaired) electrons. The SMILES string of the molecule is CCNCC(CNC)CNC(C)C. The van der Waals surface area contributed by atoms with Gasteiger partial charge < -0.3 is 16.0 Å². The van der Waals surface area contributed by atoms with Gasteiger partial charge >= 0.3 is 0 Å². The van der Waals surface area contributed by atoms with E-state index >= 15 is 0 Å². The van der Waals surface area contributed by atoms with Gasteiger partial charge in [0.1, 0.15) is 0 Å². The molecule has 0 aliphatic carbocycles. The molecule has 0 fully saturated rings. The monoisotopic (exact) mass is 187 g/mol. The minimum atomic E-state index is 0.584. The molecule has 0 saturated carbocycles. The van der Waals surface area contributed by atoms with Gasteiger partial charge in [-0.2, -0.15) is 0 Å². The van der Waals surface area contributed by atoms with Crippen LogP contribution in [0.25, 0.3) is 0 Å². The fourth-order valence-electron chi connectivity index (χ4n) is 1.26. The molecule has 0 heterocycles. The number of hydrogen-bond donors (Lipinski definition) is 3. The van der Waals surface area contributed by atoms with Crippen molar-refractivity contribution in [3.05, 3.63) is 0 Å². The van der Waals surface area contributed by atoms with Crippen LogP contribution in [0.3, 0.4) is 0 Å². The van der Waals surface area contributed by atoms with Gasteiger partial charge in [-0.1, -0.05) is 20.8 Å². The molecule has 1 unspecified atom stereocenters. The van der Waals surface area contributed by atoms with Gasteiger partial charge in [-0.3, -0.25) is 0 Å². The number of rotatable bonds is 8. The smallest absolute Gasteiger partial charge is 0.00105 e. The van der Waals surface area contributed by atoms with Crippen LogP contribution in [-0.2, 0) is 0 Å². The Hall–Kier alpha value is -0.120. The van der Waals surface area contributed by atoms with Crippen molar-refractivity contribution in [2.45, 2.75) is 26.8 Å². The summed E-state index contributed by atoms with van der Waals surface area (Å²) in [6, 6.07) is 0.584. The van der Waals surface area contributed by atoms with Gasteiger partial charge in [-0.15, -0.1) is 0 Å². The molecule has 0 aliphatic rings. The summed E-state index contributed by atoms with van der Waals surface area (Å²) in [5.74, 6) is 0.687. The van der Waals surface area contributed by atoms with E-state index in [1.165, 1.54) is 0 Å². The summed E-state index contributed by atoms with van der Waals surface area (Å²) in [6.07, 6.45) is 0. The van der Waals surface area contributed by atoms with Crippen LogP contribution < -0.4 is 16.0 Å². The lowest BCUT2D eigenvalue weighted by Gasteiger charge is -2.19. The van der Waals surface area contributed by atoms with Crippen LogP contribution >= 0.6 is 0 Å². The van der Waals surface area contributed by atoms with E-state index in [4.69, 9.17) is 0 Å². The standard InChI is InChI=1S/C10H25N3/c1-5-12-7-10(6-11-4)8-13-9(2)3/h9-13H,5-8H2,1-4H3. The topological polar surface area (TPSA) is 36.1 Å². The number of nitrogens with one attached hydrogen (secondary N) is 3. The Morgan fingerprint density at radius 3 is 2.23 bits per heavy atom. The second-order valence-corrected chi connectivity index (χ2v) is 3.79. The minimum Gasteiger partial charge on any atom is -0.319 e. The first kappa shape index (κ1) is 12.9. The molecule has 3 heteroatoms. The molecule has 0 amide bonds. The van der Waals surface area contributed by atoms with E-state index in [0.29, 0.717) is 12.0 Å². The van der Waals surface area contributed by atoms with E-state index in [-0.39, 0.29) is 0 Å². The molecule has 1 atom stereocenters. The van der Waals surface area contributed by atoms with E-state index in [0.717, 1.165) is 26.2 Å². The Morgan fingerprint density at radius 2 is 1.77 bits per heavy atom. The van der Waals surface area contributed by atoms with Gasteiger partial charge in [0.15, 0.2) is 0 Å². The molecule has 0 bridgehead atoms.